The molecule has 1 aliphatic rings. The maximum atomic E-state index is 12.8. The smallest absolute Gasteiger partial charge is 0.254 e. The highest BCUT2D eigenvalue weighted by Crippen LogP contribution is 2.17. The molecular weight excluding hydrogens is 338 g/mol. The average Bonchev–Trinajstić information content (AvgIpc) is 3.04. The minimum absolute atomic E-state index is 0.0386. The Morgan fingerprint density at radius 2 is 1.92 bits per heavy atom. The third-order valence-corrected chi connectivity index (χ3v) is 5.83. The molecule has 6 nitrogen and oxygen atoms in total. The monoisotopic (exact) mass is 367 g/mol. The Morgan fingerprint density at radius 3 is 2.40 bits per heavy atom. The molecule has 2 N–H and O–H groups in total. The van der Waals surface area contributed by atoms with Crippen LogP contribution < -0.4 is 10.0 Å². The lowest BCUT2D eigenvalue weighted by Gasteiger charge is -2.28. The fourth-order valence-electron chi connectivity index (χ4n) is 3.00. The van der Waals surface area contributed by atoms with E-state index in [0.717, 1.165) is 25.9 Å². The molecule has 7 heteroatoms. The van der Waals surface area contributed by atoms with Crippen LogP contribution in [0.25, 0.3) is 0 Å². The second-order valence-corrected chi connectivity index (χ2v) is 9.21. The third-order valence-electron chi connectivity index (χ3n) is 4.05. The van der Waals surface area contributed by atoms with Gasteiger partial charge in [0.25, 0.3) is 5.91 Å². The molecule has 25 heavy (non-hydrogen) atoms. The molecule has 1 heterocycles. The summed E-state index contributed by atoms with van der Waals surface area (Å²) in [4.78, 5) is 14.9. The van der Waals surface area contributed by atoms with Gasteiger partial charge in [0.1, 0.15) is 0 Å². The van der Waals surface area contributed by atoms with E-state index in [-0.39, 0.29) is 16.8 Å². The predicted molar refractivity (Wildman–Crippen MR) is 99.1 cm³/mol. The van der Waals surface area contributed by atoms with Gasteiger partial charge in [-0.05, 0) is 64.4 Å². The molecule has 0 radical (unpaired) electrons. The number of carbonyl (C=O) groups excluding carboxylic acids is 1. The Labute approximate surface area is 151 Å². The summed E-state index contributed by atoms with van der Waals surface area (Å²) in [5.74, 6) is -0.0386. The van der Waals surface area contributed by atoms with Crippen LogP contribution in [0, 0.1) is 0 Å². The van der Waals surface area contributed by atoms with Crippen LogP contribution in [0.15, 0.2) is 29.2 Å². The summed E-state index contributed by atoms with van der Waals surface area (Å²) in [5.41, 5.74) is -0.0316. The van der Waals surface area contributed by atoms with Crippen molar-refractivity contribution in [3.8, 4) is 0 Å². The first-order chi connectivity index (χ1) is 11.6. The van der Waals surface area contributed by atoms with Crippen molar-refractivity contribution in [1.29, 1.82) is 0 Å². The van der Waals surface area contributed by atoms with Crippen molar-refractivity contribution in [3.63, 3.8) is 0 Å². The van der Waals surface area contributed by atoms with Gasteiger partial charge in [0.05, 0.1) is 4.90 Å². The Kier molecular flexibility index (Phi) is 6.24. The normalized spacial score (nSPS) is 18.3. The van der Waals surface area contributed by atoms with E-state index in [4.69, 9.17) is 0 Å². The van der Waals surface area contributed by atoms with Crippen LogP contribution in [0.4, 0.5) is 0 Å². The van der Waals surface area contributed by atoms with Crippen LogP contribution in [0.3, 0.4) is 0 Å². The molecule has 0 bridgehead atoms. The van der Waals surface area contributed by atoms with Crippen molar-refractivity contribution in [2.24, 2.45) is 0 Å². The summed E-state index contributed by atoms with van der Waals surface area (Å²) in [6.45, 7) is 9.87. The maximum absolute atomic E-state index is 12.8. The highest BCUT2D eigenvalue weighted by atomic mass is 32.2. The molecule has 1 fully saturated rings. The Balaban J connectivity index is 2.19. The van der Waals surface area contributed by atoms with Crippen LogP contribution in [0.2, 0.25) is 0 Å². The number of nitrogens with zero attached hydrogens (tertiary/aromatic N) is 1. The number of hydrogen-bond acceptors (Lipinski definition) is 4. The minimum Gasteiger partial charge on any atom is -0.334 e. The molecule has 1 aromatic carbocycles. The Morgan fingerprint density at radius 1 is 1.28 bits per heavy atom. The van der Waals surface area contributed by atoms with Crippen LogP contribution in [-0.4, -0.2) is 50.4 Å². The van der Waals surface area contributed by atoms with Gasteiger partial charge in [0.2, 0.25) is 10.0 Å². The molecule has 1 unspecified atom stereocenters. The lowest BCUT2D eigenvalue weighted by Crippen LogP contribution is -2.42. The van der Waals surface area contributed by atoms with E-state index in [2.05, 4.69) is 17.0 Å². The second kappa shape index (κ2) is 7.85. The summed E-state index contributed by atoms with van der Waals surface area (Å²) < 4.78 is 27.3. The molecule has 1 aromatic rings. The number of nitrogens with one attached hydrogen (secondary N) is 2. The van der Waals surface area contributed by atoms with Gasteiger partial charge in [-0.1, -0.05) is 6.92 Å². The standard InChI is InChI=1S/C18H29N3O3S/c1-5-12-21(15-10-11-19-13-15)17(22)14-6-8-16(9-7-14)25(23,24)20-18(2,3)4/h6-9,15,19-20H,5,10-13H2,1-4H3. The summed E-state index contributed by atoms with van der Waals surface area (Å²) in [6.07, 6.45) is 1.85. The Bertz CT molecular complexity index is 687. The zero-order valence-electron chi connectivity index (χ0n) is 15.5. The van der Waals surface area contributed by atoms with Crippen LogP contribution >= 0.6 is 0 Å². The van der Waals surface area contributed by atoms with Gasteiger partial charge < -0.3 is 10.2 Å². The molecular formula is C18H29N3O3S. The average molecular weight is 368 g/mol. The zero-order valence-corrected chi connectivity index (χ0v) is 16.3. The van der Waals surface area contributed by atoms with E-state index in [1.807, 2.05) is 4.90 Å². The number of benzene rings is 1. The Hall–Kier alpha value is -1.44. The van der Waals surface area contributed by atoms with E-state index in [0.29, 0.717) is 12.1 Å². The van der Waals surface area contributed by atoms with E-state index < -0.39 is 15.6 Å². The van der Waals surface area contributed by atoms with Gasteiger partial charge >= 0.3 is 0 Å². The largest absolute Gasteiger partial charge is 0.334 e. The highest BCUT2D eigenvalue weighted by Gasteiger charge is 2.27. The SMILES string of the molecule is CCCN(C(=O)c1ccc(S(=O)(=O)NC(C)(C)C)cc1)C1CCNC1. The molecule has 0 spiro atoms. The van der Waals surface area contributed by atoms with E-state index in [1.54, 1.807) is 32.9 Å². The summed E-state index contributed by atoms with van der Waals surface area (Å²) in [5, 5.41) is 3.29. The highest BCUT2D eigenvalue weighted by molar-refractivity contribution is 7.89. The van der Waals surface area contributed by atoms with Crippen molar-refractivity contribution < 1.29 is 13.2 Å². The van der Waals surface area contributed by atoms with Gasteiger partial charge in [-0.15, -0.1) is 0 Å². The number of sulfonamides is 1. The molecule has 1 aliphatic heterocycles. The summed E-state index contributed by atoms with van der Waals surface area (Å²) in [7, 11) is -3.59. The molecule has 0 aromatic heterocycles. The first kappa shape index (κ1) is 19.9. The number of rotatable bonds is 6. The van der Waals surface area contributed by atoms with Crippen molar-refractivity contribution in [3.05, 3.63) is 29.8 Å². The quantitative estimate of drug-likeness (QED) is 0.806. The topological polar surface area (TPSA) is 78.5 Å². The van der Waals surface area contributed by atoms with E-state index in [1.165, 1.54) is 12.1 Å². The molecule has 1 atom stereocenters. The summed E-state index contributed by atoms with van der Waals surface area (Å²) in [6, 6.07) is 6.41. The van der Waals surface area contributed by atoms with Gasteiger partial charge in [-0.25, -0.2) is 13.1 Å². The third kappa shape index (κ3) is 5.26. The van der Waals surface area contributed by atoms with Crippen molar-refractivity contribution >= 4 is 15.9 Å². The van der Waals surface area contributed by atoms with Crippen LogP contribution in [-0.2, 0) is 10.0 Å². The molecule has 1 saturated heterocycles. The van der Waals surface area contributed by atoms with Gasteiger partial charge in [0.15, 0.2) is 0 Å². The molecule has 1 amide bonds. The fourth-order valence-corrected chi connectivity index (χ4v) is 4.42. The minimum atomic E-state index is -3.59. The van der Waals surface area contributed by atoms with E-state index in [9.17, 15) is 13.2 Å². The first-order valence-corrected chi connectivity index (χ1v) is 10.3. The molecule has 2 rings (SSSR count). The number of carbonyl (C=O) groups is 1. The molecule has 140 valence electrons. The van der Waals surface area contributed by atoms with Crippen molar-refractivity contribution in [1.82, 2.24) is 14.9 Å². The van der Waals surface area contributed by atoms with Crippen LogP contribution in [0.1, 0.15) is 50.9 Å². The second-order valence-electron chi connectivity index (χ2n) is 7.53. The maximum Gasteiger partial charge on any atom is 0.254 e. The van der Waals surface area contributed by atoms with Crippen molar-refractivity contribution in [2.75, 3.05) is 19.6 Å². The first-order valence-electron chi connectivity index (χ1n) is 8.80. The number of hydrogen-bond donors (Lipinski definition) is 2. The van der Waals surface area contributed by atoms with Crippen LogP contribution in [0.5, 0.6) is 0 Å². The predicted octanol–water partition coefficient (Wildman–Crippen LogP) is 1.98. The lowest BCUT2D eigenvalue weighted by molar-refractivity contribution is 0.0692. The molecule has 0 saturated carbocycles. The fraction of sp³-hybridized carbons (Fsp3) is 0.611. The van der Waals surface area contributed by atoms with Gasteiger partial charge in [-0.2, -0.15) is 0 Å². The van der Waals surface area contributed by atoms with Gasteiger partial charge in [-0.3, -0.25) is 4.79 Å². The lowest BCUT2D eigenvalue weighted by atomic mass is 10.1. The zero-order chi connectivity index (χ0) is 18.7. The van der Waals surface area contributed by atoms with Crippen molar-refractivity contribution in [2.45, 2.75) is 57.0 Å². The van der Waals surface area contributed by atoms with E-state index >= 15 is 0 Å². The molecule has 0 aliphatic carbocycles. The van der Waals surface area contributed by atoms with Gasteiger partial charge in [0, 0.05) is 30.2 Å². The summed E-state index contributed by atoms with van der Waals surface area (Å²) >= 11 is 0. The number of amides is 1.